The van der Waals surface area contributed by atoms with Crippen LogP contribution < -0.4 is 19.7 Å². The molecular weight excluding hydrogens is 470 g/mol. The fourth-order valence-electron chi connectivity index (χ4n) is 3.01. The van der Waals surface area contributed by atoms with E-state index in [0.717, 1.165) is 37.4 Å². The van der Waals surface area contributed by atoms with Gasteiger partial charge in [0.15, 0.2) is 0 Å². The highest BCUT2D eigenvalue weighted by Gasteiger charge is 2.26. The first-order valence-corrected chi connectivity index (χ1v) is 11.5. The van der Waals surface area contributed by atoms with Gasteiger partial charge in [0.1, 0.15) is 17.0 Å². The number of methoxy groups -OCH3 is 1. The number of amides is 1. The van der Waals surface area contributed by atoms with Crippen molar-refractivity contribution in [1.82, 2.24) is 20.2 Å². The van der Waals surface area contributed by atoms with Crippen molar-refractivity contribution in [1.29, 1.82) is 0 Å². The Balaban J connectivity index is 0.000000459. The summed E-state index contributed by atoms with van der Waals surface area (Å²) < 4.78 is 16.1. The number of nitrogens with one attached hydrogen (secondary N) is 2. The zero-order chi connectivity index (χ0) is 23.2. The largest absolute Gasteiger partial charge is 0.494 e. The lowest BCUT2D eigenvalue weighted by Crippen LogP contribution is -2.14. The Bertz CT molecular complexity index is 1170. The van der Waals surface area contributed by atoms with Gasteiger partial charge in [-0.2, -0.15) is 0 Å². The average Bonchev–Trinajstić information content (AvgIpc) is 3.24. The zero-order valence-electron chi connectivity index (χ0n) is 17.8. The number of H-pyrrole nitrogens is 1. The van der Waals surface area contributed by atoms with Crippen LogP contribution in [0.4, 0.5) is 5.13 Å². The number of ether oxygens (including phenoxy) is 3. The summed E-state index contributed by atoms with van der Waals surface area (Å²) in [5.41, 5.74) is 1.31. The maximum absolute atomic E-state index is 12.8. The van der Waals surface area contributed by atoms with E-state index in [2.05, 4.69) is 25.5 Å². The van der Waals surface area contributed by atoms with Gasteiger partial charge in [-0.05, 0) is 43.1 Å². The van der Waals surface area contributed by atoms with Crippen molar-refractivity contribution in [2.24, 2.45) is 0 Å². The fraction of sp³-hybridized carbons (Fsp3) is 0.381. The minimum absolute atomic E-state index is 0.143. The van der Waals surface area contributed by atoms with E-state index < -0.39 is 5.91 Å². The number of aromatic nitrogens is 4. The summed E-state index contributed by atoms with van der Waals surface area (Å²) in [6, 6.07) is 3.26. The van der Waals surface area contributed by atoms with Crippen molar-refractivity contribution < 1.29 is 19.0 Å². The molecule has 3 aromatic heterocycles. The molecule has 3 aromatic rings. The highest BCUT2D eigenvalue weighted by Crippen LogP contribution is 2.36. The number of rotatable bonds is 6. The third kappa shape index (κ3) is 6.28. The zero-order valence-corrected chi connectivity index (χ0v) is 19.4. The van der Waals surface area contributed by atoms with Crippen LogP contribution >= 0.6 is 22.9 Å². The molecule has 0 bridgehead atoms. The Morgan fingerprint density at radius 2 is 2.00 bits per heavy atom. The second-order valence-electron chi connectivity index (χ2n) is 7.28. The summed E-state index contributed by atoms with van der Waals surface area (Å²) in [5, 5.41) is 8.97. The molecule has 2 fully saturated rings. The summed E-state index contributed by atoms with van der Waals surface area (Å²) in [7, 11) is 1.50. The first kappa shape index (κ1) is 23.1. The van der Waals surface area contributed by atoms with E-state index in [1.807, 2.05) is 0 Å². The van der Waals surface area contributed by atoms with Crippen molar-refractivity contribution in [2.75, 3.05) is 25.6 Å². The molecule has 1 amide bonds. The minimum Gasteiger partial charge on any atom is -0.494 e. The molecule has 0 spiro atoms. The molecule has 33 heavy (non-hydrogen) atoms. The van der Waals surface area contributed by atoms with Gasteiger partial charge in [-0.1, -0.05) is 11.6 Å². The van der Waals surface area contributed by atoms with E-state index in [1.165, 1.54) is 32.3 Å². The second kappa shape index (κ2) is 10.7. The molecule has 4 heterocycles. The van der Waals surface area contributed by atoms with Crippen molar-refractivity contribution in [3.8, 4) is 22.8 Å². The standard InChI is InChI=1S/C17H14ClN5O4S.C4H8O/c1-26-12-7-19-13(18)4-10(12)9-5-14(27-8-2-3-8)20-6-11(9)15(24)21-16-22-23-17(25)28-16;1-2-4-5-3-1/h4-8H,2-3H2,1H3,(H,23,25)(H,21,22,24);1-4H2. The van der Waals surface area contributed by atoms with Crippen LogP contribution in [0.1, 0.15) is 36.0 Å². The molecule has 174 valence electrons. The molecule has 0 radical (unpaired) electrons. The molecule has 12 heteroatoms. The Kier molecular flexibility index (Phi) is 7.53. The number of nitrogens with zero attached hydrogens (tertiary/aromatic N) is 3. The number of anilines is 1. The number of halogens is 1. The average molecular weight is 492 g/mol. The predicted molar refractivity (Wildman–Crippen MR) is 123 cm³/mol. The monoisotopic (exact) mass is 491 g/mol. The van der Waals surface area contributed by atoms with E-state index in [-0.39, 0.29) is 26.8 Å². The van der Waals surface area contributed by atoms with Crippen LogP contribution in [0.25, 0.3) is 11.1 Å². The number of pyridine rings is 2. The number of aromatic amines is 1. The Labute approximate surface area is 198 Å². The molecule has 1 saturated heterocycles. The number of carbonyl (C=O) groups is 1. The van der Waals surface area contributed by atoms with Crippen molar-refractivity contribution >= 4 is 34.0 Å². The van der Waals surface area contributed by atoms with Crippen molar-refractivity contribution in [3.05, 3.63) is 44.9 Å². The van der Waals surface area contributed by atoms with E-state index >= 15 is 0 Å². The van der Waals surface area contributed by atoms with Gasteiger partial charge in [0, 0.05) is 36.6 Å². The second-order valence-corrected chi connectivity index (χ2v) is 8.63. The maximum atomic E-state index is 12.8. The third-order valence-electron chi connectivity index (χ3n) is 4.77. The van der Waals surface area contributed by atoms with Crippen LogP contribution in [-0.2, 0) is 4.74 Å². The van der Waals surface area contributed by atoms with Gasteiger partial charge in [-0.15, -0.1) is 5.10 Å². The molecule has 2 aliphatic rings. The normalized spacial score (nSPS) is 14.8. The van der Waals surface area contributed by atoms with Gasteiger partial charge in [-0.25, -0.2) is 15.1 Å². The van der Waals surface area contributed by atoms with Gasteiger partial charge >= 0.3 is 4.87 Å². The van der Waals surface area contributed by atoms with Gasteiger partial charge in [0.05, 0.1) is 18.9 Å². The lowest BCUT2D eigenvalue weighted by molar-refractivity contribution is 0.102. The predicted octanol–water partition coefficient (Wildman–Crippen LogP) is 3.54. The van der Waals surface area contributed by atoms with Crippen LogP contribution in [0.3, 0.4) is 0 Å². The highest BCUT2D eigenvalue weighted by molar-refractivity contribution is 7.13. The number of carbonyl (C=O) groups excluding carboxylic acids is 1. The lowest BCUT2D eigenvalue weighted by Gasteiger charge is -2.14. The number of hydrogen-bond donors (Lipinski definition) is 2. The van der Waals surface area contributed by atoms with Crippen LogP contribution in [0.15, 0.2) is 29.3 Å². The van der Waals surface area contributed by atoms with Gasteiger partial charge in [0.25, 0.3) is 5.91 Å². The highest BCUT2D eigenvalue weighted by atomic mass is 35.5. The van der Waals surface area contributed by atoms with Gasteiger partial charge in [0.2, 0.25) is 11.0 Å². The fourth-order valence-corrected chi connectivity index (χ4v) is 3.67. The van der Waals surface area contributed by atoms with Crippen molar-refractivity contribution in [3.63, 3.8) is 0 Å². The van der Waals surface area contributed by atoms with Gasteiger partial charge in [-0.3, -0.25) is 14.9 Å². The van der Waals surface area contributed by atoms with Crippen LogP contribution in [0.5, 0.6) is 11.6 Å². The van der Waals surface area contributed by atoms with E-state index in [0.29, 0.717) is 22.8 Å². The maximum Gasteiger partial charge on any atom is 0.324 e. The van der Waals surface area contributed by atoms with E-state index in [4.69, 9.17) is 25.8 Å². The molecule has 0 aromatic carbocycles. The lowest BCUT2D eigenvalue weighted by atomic mass is 10.0. The molecular formula is C21H22ClN5O5S. The van der Waals surface area contributed by atoms with E-state index in [1.54, 1.807) is 12.1 Å². The minimum atomic E-state index is -0.488. The number of hydrogen-bond acceptors (Lipinski definition) is 9. The Hall–Kier alpha value is -3.02. The van der Waals surface area contributed by atoms with Crippen LogP contribution in [-0.4, -0.2) is 52.5 Å². The summed E-state index contributed by atoms with van der Waals surface area (Å²) in [6.07, 6.45) is 7.53. The summed E-state index contributed by atoms with van der Waals surface area (Å²) in [4.78, 5) is 31.9. The molecule has 1 aliphatic carbocycles. The Morgan fingerprint density at radius 3 is 2.61 bits per heavy atom. The van der Waals surface area contributed by atoms with Crippen LogP contribution in [0, 0.1) is 0 Å². The summed E-state index contributed by atoms with van der Waals surface area (Å²) in [6.45, 7) is 2.00. The van der Waals surface area contributed by atoms with E-state index in [9.17, 15) is 9.59 Å². The quantitative estimate of drug-likeness (QED) is 0.501. The molecule has 5 rings (SSSR count). The Morgan fingerprint density at radius 1 is 1.21 bits per heavy atom. The molecule has 0 unspecified atom stereocenters. The molecule has 1 aliphatic heterocycles. The molecule has 1 saturated carbocycles. The first-order chi connectivity index (χ1) is 16.0. The first-order valence-electron chi connectivity index (χ1n) is 10.3. The topological polar surface area (TPSA) is 128 Å². The van der Waals surface area contributed by atoms with Crippen LogP contribution in [0.2, 0.25) is 5.15 Å². The SMILES string of the molecule is C1CCOC1.COc1cnc(Cl)cc1-c1cc(OC2CC2)ncc1C(=O)Nc1n[nH]c(=O)s1. The molecule has 2 N–H and O–H groups in total. The third-order valence-corrected chi connectivity index (χ3v) is 5.64. The molecule has 10 nitrogen and oxygen atoms in total. The molecule has 0 atom stereocenters. The van der Waals surface area contributed by atoms with Gasteiger partial charge < -0.3 is 14.2 Å². The smallest absolute Gasteiger partial charge is 0.324 e. The van der Waals surface area contributed by atoms with Crippen molar-refractivity contribution in [2.45, 2.75) is 31.8 Å². The summed E-state index contributed by atoms with van der Waals surface area (Å²) in [5.74, 6) is 0.345. The summed E-state index contributed by atoms with van der Waals surface area (Å²) >= 11 is 6.85.